The third-order valence-corrected chi connectivity index (χ3v) is 1.40. The molecular weight excluding hydrogens is 195 g/mol. The lowest BCUT2D eigenvalue weighted by atomic mass is 10.1. The molecule has 0 fully saturated rings. The minimum Gasteiger partial charge on any atom is -0.398 e. The number of carbonyl (C=O) groups is 1. The van der Waals surface area contributed by atoms with Crippen LogP contribution in [0.5, 0.6) is 0 Å². The number of nitrogens with two attached hydrogens (primary N) is 1. The van der Waals surface area contributed by atoms with Crippen LogP contribution in [0.1, 0.15) is 6.92 Å². The Labute approximate surface area is 79.6 Å². The zero-order chi connectivity index (χ0) is 11.4. The maximum atomic E-state index is 12.0. The highest BCUT2D eigenvalue weighted by Gasteiger charge is 2.40. The van der Waals surface area contributed by atoms with E-state index in [1.54, 1.807) is 0 Å². The van der Waals surface area contributed by atoms with Crippen molar-refractivity contribution >= 4 is 5.78 Å². The van der Waals surface area contributed by atoms with Gasteiger partial charge in [-0.1, -0.05) is 18.7 Å². The number of alkyl halides is 3. The van der Waals surface area contributed by atoms with Crippen molar-refractivity contribution in [3.05, 3.63) is 36.1 Å². The molecule has 0 atom stereocenters. The molecule has 0 heterocycles. The summed E-state index contributed by atoms with van der Waals surface area (Å²) in [6, 6.07) is 0. The maximum Gasteiger partial charge on any atom is 0.454 e. The molecule has 78 valence electrons. The van der Waals surface area contributed by atoms with Gasteiger partial charge in [0.15, 0.2) is 0 Å². The summed E-state index contributed by atoms with van der Waals surface area (Å²) in [5, 5.41) is 0. The second-order valence-corrected chi connectivity index (χ2v) is 2.39. The monoisotopic (exact) mass is 205 g/mol. The van der Waals surface area contributed by atoms with E-state index < -0.39 is 17.5 Å². The molecule has 0 rings (SSSR count). The van der Waals surface area contributed by atoms with E-state index in [-0.39, 0.29) is 5.70 Å². The van der Waals surface area contributed by atoms with Crippen LogP contribution >= 0.6 is 0 Å². The average molecular weight is 205 g/mol. The Morgan fingerprint density at radius 1 is 1.43 bits per heavy atom. The Bertz CT molecular complexity index is 300. The minimum absolute atomic E-state index is 0.246. The predicted molar refractivity (Wildman–Crippen MR) is 47.3 cm³/mol. The van der Waals surface area contributed by atoms with Gasteiger partial charge in [-0.2, -0.15) is 13.2 Å². The lowest BCUT2D eigenvalue weighted by Gasteiger charge is -2.08. The summed E-state index contributed by atoms with van der Waals surface area (Å²) in [5.41, 5.74) is 4.43. The Morgan fingerprint density at radius 2 is 1.93 bits per heavy atom. The van der Waals surface area contributed by atoms with Gasteiger partial charge >= 0.3 is 6.18 Å². The molecule has 0 aliphatic rings. The average Bonchev–Trinajstić information content (AvgIpc) is 2.04. The van der Waals surface area contributed by atoms with Crippen molar-refractivity contribution in [3.63, 3.8) is 0 Å². The molecule has 0 aromatic carbocycles. The van der Waals surface area contributed by atoms with E-state index in [1.807, 2.05) is 0 Å². The van der Waals surface area contributed by atoms with Crippen molar-refractivity contribution in [3.8, 4) is 0 Å². The van der Waals surface area contributed by atoms with Crippen LogP contribution in [0.4, 0.5) is 13.2 Å². The molecule has 2 nitrogen and oxygen atoms in total. The highest BCUT2D eigenvalue weighted by atomic mass is 19.4. The van der Waals surface area contributed by atoms with E-state index in [2.05, 4.69) is 6.58 Å². The smallest absolute Gasteiger partial charge is 0.398 e. The van der Waals surface area contributed by atoms with Gasteiger partial charge in [0.05, 0.1) is 0 Å². The largest absolute Gasteiger partial charge is 0.454 e. The highest BCUT2D eigenvalue weighted by Crippen LogP contribution is 2.22. The van der Waals surface area contributed by atoms with Crippen LogP contribution in [-0.2, 0) is 4.79 Å². The fraction of sp³-hybridized carbons (Fsp3) is 0.222. The van der Waals surface area contributed by atoms with Gasteiger partial charge in [0.1, 0.15) is 0 Å². The summed E-state index contributed by atoms with van der Waals surface area (Å²) in [5.74, 6) is -1.95. The first kappa shape index (κ1) is 12.5. The van der Waals surface area contributed by atoms with Crippen molar-refractivity contribution in [2.45, 2.75) is 13.1 Å². The zero-order valence-corrected chi connectivity index (χ0v) is 7.56. The molecule has 0 saturated heterocycles. The molecule has 0 spiro atoms. The highest BCUT2D eigenvalue weighted by molar-refractivity contribution is 6.03. The molecule has 0 amide bonds. The second-order valence-electron chi connectivity index (χ2n) is 2.39. The van der Waals surface area contributed by atoms with Crippen LogP contribution in [0, 0.1) is 0 Å². The molecule has 0 saturated carbocycles. The lowest BCUT2D eigenvalue weighted by molar-refractivity contribution is -0.166. The number of carbonyl (C=O) groups excluding carboxylic acids is 1. The van der Waals surface area contributed by atoms with Gasteiger partial charge in [0.2, 0.25) is 0 Å². The number of hydrogen-bond donors (Lipinski definition) is 1. The first-order valence-corrected chi connectivity index (χ1v) is 3.71. The molecule has 0 aromatic rings. The summed E-state index contributed by atoms with van der Waals surface area (Å²) >= 11 is 0. The SMILES string of the molecule is C=C/C=C(N)\C(=C/C)C(=O)C(F)(F)F. The van der Waals surface area contributed by atoms with Gasteiger partial charge in [-0.05, 0) is 13.0 Å². The van der Waals surface area contributed by atoms with Crippen LogP contribution in [0.15, 0.2) is 36.1 Å². The third-order valence-electron chi connectivity index (χ3n) is 1.40. The summed E-state index contributed by atoms with van der Waals surface area (Å²) < 4.78 is 36.0. The number of allylic oxidation sites excluding steroid dienone is 4. The first-order chi connectivity index (χ1) is 6.34. The summed E-state index contributed by atoms with van der Waals surface area (Å²) in [7, 11) is 0. The normalized spacial score (nSPS) is 14.0. The van der Waals surface area contributed by atoms with E-state index in [1.165, 1.54) is 13.0 Å². The van der Waals surface area contributed by atoms with E-state index in [4.69, 9.17) is 5.73 Å². The van der Waals surface area contributed by atoms with Gasteiger partial charge in [-0.25, -0.2) is 0 Å². The van der Waals surface area contributed by atoms with Gasteiger partial charge < -0.3 is 5.73 Å². The Morgan fingerprint density at radius 3 is 2.21 bits per heavy atom. The van der Waals surface area contributed by atoms with Crippen LogP contribution < -0.4 is 5.73 Å². The molecule has 2 N–H and O–H groups in total. The van der Waals surface area contributed by atoms with Crippen molar-refractivity contribution in [2.24, 2.45) is 5.73 Å². The summed E-state index contributed by atoms with van der Waals surface area (Å²) in [6.07, 6.45) is -1.53. The van der Waals surface area contributed by atoms with Crippen molar-refractivity contribution in [1.82, 2.24) is 0 Å². The van der Waals surface area contributed by atoms with Crippen molar-refractivity contribution in [1.29, 1.82) is 0 Å². The summed E-state index contributed by atoms with van der Waals surface area (Å²) in [4.78, 5) is 10.8. The summed E-state index contributed by atoms with van der Waals surface area (Å²) in [6.45, 7) is 4.57. The zero-order valence-electron chi connectivity index (χ0n) is 7.56. The molecule has 14 heavy (non-hydrogen) atoms. The number of halogens is 3. The fourth-order valence-corrected chi connectivity index (χ4v) is 0.798. The van der Waals surface area contributed by atoms with Crippen LogP contribution in [0.2, 0.25) is 0 Å². The number of hydrogen-bond acceptors (Lipinski definition) is 2. The first-order valence-electron chi connectivity index (χ1n) is 3.71. The minimum atomic E-state index is -4.90. The van der Waals surface area contributed by atoms with Gasteiger partial charge in [0.25, 0.3) is 5.78 Å². The topological polar surface area (TPSA) is 43.1 Å². The van der Waals surface area contributed by atoms with Crippen LogP contribution in [0.3, 0.4) is 0 Å². The Hall–Kier alpha value is -1.52. The maximum absolute atomic E-state index is 12.0. The standard InChI is InChI=1S/C9H10F3NO/c1-3-5-7(13)6(4-2)8(14)9(10,11)12/h3-5H,1,13H2,2H3/b6-4+,7-5+. The van der Waals surface area contributed by atoms with Crippen LogP contribution in [0.25, 0.3) is 0 Å². The number of Topliss-reactive ketones (excluding diaryl/α,β-unsaturated/α-hetero) is 1. The van der Waals surface area contributed by atoms with E-state index in [0.717, 1.165) is 12.2 Å². The Balaban J connectivity index is 5.05. The molecule has 0 aromatic heterocycles. The number of rotatable bonds is 3. The predicted octanol–water partition coefficient (Wildman–Crippen LogP) is 2.09. The quantitative estimate of drug-likeness (QED) is 0.566. The molecule has 0 radical (unpaired) electrons. The molecule has 0 aliphatic heterocycles. The molecular formula is C9H10F3NO. The number of ketones is 1. The Kier molecular flexibility index (Phi) is 4.14. The van der Waals surface area contributed by atoms with E-state index >= 15 is 0 Å². The molecule has 0 aliphatic carbocycles. The molecule has 0 unspecified atom stereocenters. The second kappa shape index (κ2) is 4.64. The van der Waals surface area contributed by atoms with E-state index in [9.17, 15) is 18.0 Å². The van der Waals surface area contributed by atoms with E-state index in [0.29, 0.717) is 0 Å². The van der Waals surface area contributed by atoms with Crippen molar-refractivity contribution < 1.29 is 18.0 Å². The van der Waals surface area contributed by atoms with Crippen LogP contribution in [-0.4, -0.2) is 12.0 Å². The molecule has 0 bridgehead atoms. The van der Waals surface area contributed by atoms with Crippen molar-refractivity contribution in [2.75, 3.05) is 0 Å². The fourth-order valence-electron chi connectivity index (χ4n) is 0.798. The van der Waals surface area contributed by atoms with Gasteiger partial charge in [-0.3, -0.25) is 4.79 Å². The van der Waals surface area contributed by atoms with Gasteiger partial charge in [0, 0.05) is 11.3 Å². The van der Waals surface area contributed by atoms with Gasteiger partial charge in [-0.15, -0.1) is 0 Å². The lowest BCUT2D eigenvalue weighted by Crippen LogP contribution is -2.27. The molecule has 5 heteroatoms. The third kappa shape index (κ3) is 3.08.